The Morgan fingerprint density at radius 2 is 1.92 bits per heavy atom. The topological polar surface area (TPSA) is 106 Å². The van der Waals surface area contributed by atoms with E-state index < -0.39 is 5.97 Å². The summed E-state index contributed by atoms with van der Waals surface area (Å²) in [6.45, 7) is 6.75. The van der Waals surface area contributed by atoms with Crippen molar-refractivity contribution in [2.24, 2.45) is 0 Å². The monoisotopic (exact) mass is 508 g/mol. The van der Waals surface area contributed by atoms with Gasteiger partial charge < -0.3 is 9.72 Å². The summed E-state index contributed by atoms with van der Waals surface area (Å²) in [4.78, 5) is 30.3. The maximum atomic E-state index is 13.0. The summed E-state index contributed by atoms with van der Waals surface area (Å²) in [5.74, 6) is 0.102. The van der Waals surface area contributed by atoms with Crippen molar-refractivity contribution < 1.29 is 9.53 Å². The third kappa shape index (κ3) is 5.80. The third-order valence-corrected chi connectivity index (χ3v) is 6.42. The van der Waals surface area contributed by atoms with Crippen LogP contribution in [0.25, 0.3) is 10.9 Å². The number of nitrogens with zero attached hydrogens (tertiary/aromatic N) is 5. The highest BCUT2D eigenvalue weighted by Crippen LogP contribution is 2.28. The molecule has 1 atom stereocenters. The molecule has 2 aromatic heterocycles. The average molecular weight is 509 g/mol. The molecule has 1 N–H and O–H groups in total. The Bertz CT molecular complexity index is 1420. The van der Waals surface area contributed by atoms with Gasteiger partial charge in [0.25, 0.3) is 5.56 Å². The predicted octanol–water partition coefficient (Wildman–Crippen LogP) is 4.19. The van der Waals surface area contributed by atoms with E-state index in [1.54, 1.807) is 6.92 Å². The molecule has 0 radical (unpaired) electrons. The van der Waals surface area contributed by atoms with Crippen LogP contribution in [-0.2, 0) is 29.2 Å². The number of hydrogen-bond acceptors (Lipinski definition) is 7. The summed E-state index contributed by atoms with van der Waals surface area (Å²) in [6.07, 6.45) is 0.637. The standard InChI is InChI=1S/C26H29ClN6O3/c1-4-23(25-29-30-31-33(25)16-24(34)36-5-2)32(14-18-8-6-7-9-21(18)27)15-20-13-19-12-17(3)10-11-22(19)28-26(20)35/h6-13,23H,4-5,14-16H2,1-3H3,(H,28,35)/t23-/m1/s1. The number of aromatic amines is 1. The quantitative estimate of drug-likeness (QED) is 0.320. The van der Waals surface area contributed by atoms with E-state index in [9.17, 15) is 9.59 Å². The van der Waals surface area contributed by atoms with Crippen LogP contribution in [0.15, 0.2) is 53.3 Å². The van der Waals surface area contributed by atoms with Gasteiger partial charge in [0.05, 0.1) is 12.6 Å². The van der Waals surface area contributed by atoms with E-state index in [4.69, 9.17) is 16.3 Å². The first-order chi connectivity index (χ1) is 17.4. The number of aromatic nitrogens is 5. The van der Waals surface area contributed by atoms with Crippen LogP contribution >= 0.6 is 11.6 Å². The summed E-state index contributed by atoms with van der Waals surface area (Å²) in [5, 5.41) is 13.7. The van der Waals surface area contributed by atoms with Crippen LogP contribution < -0.4 is 5.56 Å². The van der Waals surface area contributed by atoms with E-state index in [1.807, 2.05) is 62.4 Å². The number of carbonyl (C=O) groups is 1. The van der Waals surface area contributed by atoms with Crippen LogP contribution in [0.4, 0.5) is 0 Å². The van der Waals surface area contributed by atoms with E-state index in [2.05, 4.69) is 25.4 Å². The summed E-state index contributed by atoms with van der Waals surface area (Å²) in [7, 11) is 0. The number of fused-ring (bicyclic) bond motifs is 1. The van der Waals surface area contributed by atoms with Crippen molar-refractivity contribution in [2.45, 2.75) is 52.9 Å². The fourth-order valence-electron chi connectivity index (χ4n) is 4.33. The molecule has 36 heavy (non-hydrogen) atoms. The number of ether oxygens (including phenoxy) is 1. The van der Waals surface area contributed by atoms with Crippen molar-refractivity contribution in [3.63, 3.8) is 0 Å². The zero-order valence-corrected chi connectivity index (χ0v) is 21.3. The third-order valence-electron chi connectivity index (χ3n) is 6.05. The SMILES string of the molecule is CCOC(=O)Cn1nnnc1[C@@H](CC)N(Cc1ccccc1Cl)Cc1cc2cc(C)ccc2[nH]c1=O. The lowest BCUT2D eigenvalue weighted by molar-refractivity contribution is -0.144. The van der Waals surface area contributed by atoms with Crippen LogP contribution in [0.2, 0.25) is 5.02 Å². The van der Waals surface area contributed by atoms with Gasteiger partial charge in [0.15, 0.2) is 5.82 Å². The first-order valence-corrected chi connectivity index (χ1v) is 12.3. The summed E-state index contributed by atoms with van der Waals surface area (Å²) in [5.41, 5.74) is 3.27. The number of carbonyl (C=O) groups excluding carboxylic acids is 1. The smallest absolute Gasteiger partial charge is 0.327 e. The first kappa shape index (κ1) is 25.5. The molecule has 188 valence electrons. The Kier molecular flexibility index (Phi) is 8.12. The molecular formula is C26H29ClN6O3. The number of aryl methyl sites for hydroxylation is 1. The Balaban J connectivity index is 1.74. The predicted molar refractivity (Wildman–Crippen MR) is 137 cm³/mol. The van der Waals surface area contributed by atoms with Crippen molar-refractivity contribution in [1.82, 2.24) is 30.1 Å². The molecule has 0 aliphatic carbocycles. The van der Waals surface area contributed by atoms with Crippen LogP contribution in [0.5, 0.6) is 0 Å². The Hall–Kier alpha value is -3.56. The van der Waals surface area contributed by atoms with E-state index in [1.165, 1.54) is 4.68 Å². The van der Waals surface area contributed by atoms with Gasteiger partial charge in [-0.3, -0.25) is 14.5 Å². The maximum Gasteiger partial charge on any atom is 0.327 e. The molecule has 0 fully saturated rings. The van der Waals surface area contributed by atoms with Gasteiger partial charge >= 0.3 is 5.97 Å². The normalized spacial score (nSPS) is 12.2. The van der Waals surface area contributed by atoms with Gasteiger partial charge in [-0.25, -0.2) is 4.68 Å². The highest BCUT2D eigenvalue weighted by molar-refractivity contribution is 6.31. The molecule has 2 heterocycles. The van der Waals surface area contributed by atoms with Gasteiger partial charge in [0.2, 0.25) is 0 Å². The average Bonchev–Trinajstić information content (AvgIpc) is 3.29. The molecule has 0 bridgehead atoms. The van der Waals surface area contributed by atoms with Crippen LogP contribution in [0.3, 0.4) is 0 Å². The largest absolute Gasteiger partial charge is 0.465 e. The maximum absolute atomic E-state index is 13.0. The molecule has 0 saturated carbocycles. The molecule has 10 heteroatoms. The second kappa shape index (κ2) is 11.5. The Labute approximate surface area is 214 Å². The van der Waals surface area contributed by atoms with E-state index >= 15 is 0 Å². The van der Waals surface area contributed by atoms with Crippen molar-refractivity contribution in [1.29, 1.82) is 0 Å². The van der Waals surface area contributed by atoms with Gasteiger partial charge in [-0.15, -0.1) is 5.10 Å². The number of benzene rings is 2. The van der Waals surface area contributed by atoms with E-state index in [-0.39, 0.29) is 24.8 Å². The molecular weight excluding hydrogens is 480 g/mol. The van der Waals surface area contributed by atoms with Crippen LogP contribution in [0, 0.1) is 6.92 Å². The number of rotatable bonds is 10. The number of esters is 1. The van der Waals surface area contributed by atoms with E-state index in [0.29, 0.717) is 35.9 Å². The Morgan fingerprint density at radius 1 is 1.14 bits per heavy atom. The molecule has 0 amide bonds. The second-order valence-electron chi connectivity index (χ2n) is 8.63. The lowest BCUT2D eigenvalue weighted by atomic mass is 10.1. The van der Waals surface area contributed by atoms with Crippen molar-refractivity contribution in [3.05, 3.63) is 86.4 Å². The number of pyridine rings is 1. The lowest BCUT2D eigenvalue weighted by Crippen LogP contribution is -2.33. The van der Waals surface area contributed by atoms with Crippen LogP contribution in [-0.4, -0.2) is 42.7 Å². The molecule has 2 aromatic carbocycles. The zero-order chi connectivity index (χ0) is 25.7. The minimum atomic E-state index is -0.417. The highest BCUT2D eigenvalue weighted by Gasteiger charge is 2.27. The zero-order valence-electron chi connectivity index (χ0n) is 20.6. The molecule has 0 aliphatic heterocycles. The van der Waals surface area contributed by atoms with Crippen molar-refractivity contribution in [2.75, 3.05) is 6.61 Å². The highest BCUT2D eigenvalue weighted by atomic mass is 35.5. The first-order valence-electron chi connectivity index (χ1n) is 11.9. The number of hydrogen-bond donors (Lipinski definition) is 1. The van der Waals surface area contributed by atoms with Gasteiger partial charge in [0, 0.05) is 29.2 Å². The minimum Gasteiger partial charge on any atom is -0.465 e. The van der Waals surface area contributed by atoms with Gasteiger partial charge in [-0.2, -0.15) is 0 Å². The molecule has 0 aliphatic rings. The molecule has 0 saturated heterocycles. The summed E-state index contributed by atoms with van der Waals surface area (Å²) in [6, 6.07) is 15.2. The second-order valence-corrected chi connectivity index (χ2v) is 9.04. The Morgan fingerprint density at radius 3 is 2.67 bits per heavy atom. The molecule has 0 spiro atoms. The van der Waals surface area contributed by atoms with Crippen LogP contribution in [0.1, 0.15) is 48.8 Å². The fraction of sp³-hybridized carbons (Fsp3) is 0.346. The lowest BCUT2D eigenvalue weighted by Gasteiger charge is -2.30. The molecule has 4 aromatic rings. The summed E-state index contributed by atoms with van der Waals surface area (Å²) >= 11 is 6.50. The molecule has 9 nitrogen and oxygen atoms in total. The number of H-pyrrole nitrogens is 1. The minimum absolute atomic E-state index is 0.0948. The molecule has 4 rings (SSSR count). The summed E-state index contributed by atoms with van der Waals surface area (Å²) < 4.78 is 6.54. The number of tetrazole rings is 1. The molecule has 0 unspecified atom stereocenters. The van der Waals surface area contributed by atoms with Gasteiger partial charge in [-0.05, 0) is 65.9 Å². The van der Waals surface area contributed by atoms with Gasteiger partial charge in [-0.1, -0.05) is 48.4 Å². The van der Waals surface area contributed by atoms with Crippen molar-refractivity contribution in [3.8, 4) is 0 Å². The van der Waals surface area contributed by atoms with Crippen molar-refractivity contribution >= 4 is 28.5 Å². The fourth-order valence-corrected chi connectivity index (χ4v) is 4.52. The van der Waals surface area contributed by atoms with Gasteiger partial charge in [0.1, 0.15) is 6.54 Å². The van der Waals surface area contributed by atoms with E-state index in [0.717, 1.165) is 22.0 Å². The number of halogens is 1. The number of nitrogens with one attached hydrogen (secondary N) is 1.